The van der Waals surface area contributed by atoms with Gasteiger partial charge in [-0.15, -0.1) is 0 Å². The first-order chi connectivity index (χ1) is 27.8. The number of Topliss-reactive ketones (excluding diaryl/α,β-unsaturated/α-hetero) is 1. The molecule has 10 heteroatoms. The van der Waals surface area contributed by atoms with Crippen molar-refractivity contribution in [3.8, 4) is 34.1 Å². The molecule has 4 aromatic carbocycles. The molecule has 59 heavy (non-hydrogen) atoms. The first-order valence-electron chi connectivity index (χ1n) is 19.7. The lowest BCUT2D eigenvalue weighted by Gasteiger charge is -2.17. The van der Waals surface area contributed by atoms with Gasteiger partial charge in [0.1, 0.15) is 17.3 Å². The highest BCUT2D eigenvalue weighted by Crippen LogP contribution is 2.33. The maximum Gasteiger partial charge on any atom is 0.349 e. The molecule has 2 heterocycles. The Balaban J connectivity index is -0.000000227. The van der Waals surface area contributed by atoms with Crippen LogP contribution in [0, 0.1) is 0 Å². The number of aromatic hydroxyl groups is 1. The van der Waals surface area contributed by atoms with Crippen LogP contribution in [0.5, 0.6) is 11.5 Å². The van der Waals surface area contributed by atoms with Gasteiger partial charge < -0.3 is 24.0 Å². The van der Waals surface area contributed by atoms with E-state index < -0.39 is 12.1 Å². The summed E-state index contributed by atoms with van der Waals surface area (Å²) in [5, 5.41) is 26.1. The minimum atomic E-state index is -1.09. The number of carbonyl (C=O) groups excluding carboxylic acids is 1. The maximum absolute atomic E-state index is 11.5. The monoisotopic (exact) mass is 880 g/mol. The number of nitrogens with zero attached hydrogens (tertiary/aromatic N) is 2. The summed E-state index contributed by atoms with van der Waals surface area (Å²) in [6.07, 6.45) is 1.98. The molecule has 2 aromatic heterocycles. The highest BCUT2D eigenvalue weighted by Gasteiger charge is 2.23. The van der Waals surface area contributed by atoms with Crippen molar-refractivity contribution in [3.05, 3.63) is 145 Å². The third-order valence-corrected chi connectivity index (χ3v) is 7.39. The number of ether oxygens (including phenoxy) is 1. The molecule has 0 radical (unpaired) electrons. The van der Waals surface area contributed by atoms with Gasteiger partial charge in [-0.2, -0.15) is 0 Å². The van der Waals surface area contributed by atoms with Crippen molar-refractivity contribution in [2.75, 3.05) is 0 Å². The Morgan fingerprint density at radius 2 is 0.932 bits per heavy atom. The van der Waals surface area contributed by atoms with E-state index in [1.807, 2.05) is 132 Å². The molecular weight excluding hydrogens is 808 g/mol. The van der Waals surface area contributed by atoms with Crippen LogP contribution in [-0.2, 0) is 9.59 Å². The third-order valence-electron chi connectivity index (χ3n) is 6.22. The lowest BCUT2D eigenvalue weighted by Crippen LogP contribution is -2.18. The van der Waals surface area contributed by atoms with E-state index >= 15 is 0 Å². The van der Waals surface area contributed by atoms with Crippen LogP contribution in [0.4, 0.5) is 0 Å². The second-order valence-corrected chi connectivity index (χ2v) is 10.3. The van der Waals surface area contributed by atoms with Crippen LogP contribution in [0.15, 0.2) is 143 Å². The van der Waals surface area contributed by atoms with Crippen LogP contribution in [0.1, 0.15) is 127 Å². The van der Waals surface area contributed by atoms with Crippen molar-refractivity contribution in [2.45, 2.75) is 116 Å². The Hall–Kier alpha value is -5.48. The third kappa shape index (κ3) is 24.1. The van der Waals surface area contributed by atoms with Crippen LogP contribution in [-0.4, -0.2) is 32.3 Å². The minimum Gasteiger partial charge on any atom is -0.507 e. The number of phenols is 1. The number of benzene rings is 4. The van der Waals surface area contributed by atoms with Crippen LogP contribution in [0.25, 0.3) is 22.6 Å². The van der Waals surface area contributed by atoms with E-state index in [1.165, 1.54) is 6.20 Å². The average molecular weight is 882 g/mol. The zero-order chi connectivity index (χ0) is 44.0. The Morgan fingerprint density at radius 3 is 1.32 bits per heavy atom. The fourth-order valence-electron chi connectivity index (χ4n) is 4.04. The van der Waals surface area contributed by atoms with E-state index in [0.29, 0.717) is 34.0 Å². The lowest BCUT2D eigenvalue weighted by molar-refractivity contribution is -0.145. The fraction of sp³-hybridized carbons (Fsp3) is 0.347. The van der Waals surface area contributed by atoms with Crippen LogP contribution in [0.2, 0.25) is 0 Å². The summed E-state index contributed by atoms with van der Waals surface area (Å²) in [6, 6.07) is 35.9. The minimum absolute atomic E-state index is 0. The van der Waals surface area contributed by atoms with Gasteiger partial charge in [0.25, 0.3) is 0 Å². The number of para-hydroxylation sites is 2. The number of alkyl halides is 1. The highest BCUT2D eigenvalue weighted by atomic mass is 79.9. The number of carboxylic acid groups (broad SMARTS) is 1. The molecule has 6 aromatic rings. The molecule has 0 bridgehead atoms. The summed E-state index contributed by atoms with van der Waals surface area (Å²) in [5.74, 6) is 0.806. The average Bonchev–Trinajstić information content (AvgIpc) is 4.05. The highest BCUT2D eigenvalue weighted by molar-refractivity contribution is 9.09. The van der Waals surface area contributed by atoms with Gasteiger partial charge in [-0.1, -0.05) is 209 Å². The van der Waals surface area contributed by atoms with Gasteiger partial charge in [0.2, 0.25) is 6.10 Å². The Morgan fingerprint density at radius 1 is 0.559 bits per heavy atom. The summed E-state index contributed by atoms with van der Waals surface area (Å²) in [7, 11) is 0. The van der Waals surface area contributed by atoms with E-state index in [4.69, 9.17) is 13.8 Å². The zero-order valence-electron chi connectivity index (χ0n) is 36.1. The number of aliphatic carboxylic acids is 1. The van der Waals surface area contributed by atoms with Gasteiger partial charge in [0.05, 0.1) is 28.3 Å². The number of hydrogen-bond donors (Lipinski definition) is 2. The Bertz CT molecular complexity index is 1770. The summed E-state index contributed by atoms with van der Waals surface area (Å²) >= 11 is 3.30. The zero-order valence-corrected chi connectivity index (χ0v) is 37.7. The number of rotatable bonds is 8. The Kier molecular flexibility index (Phi) is 44.8. The van der Waals surface area contributed by atoms with Gasteiger partial charge in [-0.05, 0) is 36.8 Å². The molecule has 0 amide bonds. The molecule has 0 fully saturated rings. The predicted octanol–water partition coefficient (Wildman–Crippen LogP) is 15.7. The van der Waals surface area contributed by atoms with Crippen molar-refractivity contribution in [2.24, 2.45) is 0 Å². The first kappa shape index (κ1) is 62.7. The number of ketones is 1. The van der Waals surface area contributed by atoms with Crippen molar-refractivity contribution >= 4 is 27.7 Å². The topological polar surface area (TPSA) is 136 Å². The smallest absolute Gasteiger partial charge is 0.349 e. The number of phenolic OH excluding ortho intramolecular Hbond substituents is 1. The first-order valence-corrected chi connectivity index (χ1v) is 20.6. The molecule has 9 nitrogen and oxygen atoms in total. The number of hydrogen-bond acceptors (Lipinski definition) is 8. The summed E-state index contributed by atoms with van der Waals surface area (Å²) in [4.78, 5) is 22.3. The Labute approximate surface area is 365 Å². The van der Waals surface area contributed by atoms with Gasteiger partial charge in [-0.3, -0.25) is 4.79 Å². The molecule has 2 N–H and O–H groups in total. The van der Waals surface area contributed by atoms with Gasteiger partial charge in [-0.25, -0.2) is 4.79 Å². The van der Waals surface area contributed by atoms with Crippen molar-refractivity contribution in [1.82, 2.24) is 10.3 Å². The van der Waals surface area contributed by atoms with E-state index in [2.05, 4.69) is 26.2 Å². The van der Waals surface area contributed by atoms with Crippen LogP contribution in [0.3, 0.4) is 0 Å². The van der Waals surface area contributed by atoms with Gasteiger partial charge >= 0.3 is 5.97 Å². The predicted molar refractivity (Wildman–Crippen MR) is 253 cm³/mol. The molecule has 2 unspecified atom stereocenters. The molecule has 0 spiro atoms. The molecule has 0 saturated heterocycles. The number of halogens is 1. The normalized spacial score (nSPS) is 9.39. The maximum atomic E-state index is 11.5. The molecule has 0 aliphatic rings. The lowest BCUT2D eigenvalue weighted by atomic mass is 10.1. The largest absolute Gasteiger partial charge is 0.507 e. The number of carbonyl (C=O) groups is 2. The van der Waals surface area contributed by atoms with Gasteiger partial charge in [0, 0.05) is 17.7 Å². The van der Waals surface area contributed by atoms with Gasteiger partial charge in [0.15, 0.2) is 11.5 Å². The standard InChI is InChI=1S/C17H13NO4.C9H9BrO.C9H7NO2.6C2H6.2CH4/c19-17(20)16(12-6-2-1-3-7-12)21-14-9-5-4-8-13(14)15-10-11-18-22-15;1-7(11)9(10)8-5-3-2-4-6-8;11-8-4-2-1-3-7(8)9-5-6-10-12-9;6*1-2;;/h1-11,16H,(H,19,20);2-6,9H,1H3;1-6,11H;6*1-2H3;2*1H4. The molecule has 2 atom stereocenters. The fourth-order valence-corrected chi connectivity index (χ4v) is 4.34. The second-order valence-electron chi connectivity index (χ2n) is 9.40. The molecular formula is C49H73BrN2O7. The summed E-state index contributed by atoms with van der Waals surface area (Å²) < 4.78 is 15.8. The molecule has 6 rings (SSSR count). The molecule has 328 valence electrons. The van der Waals surface area contributed by atoms with Crippen molar-refractivity contribution in [3.63, 3.8) is 0 Å². The van der Waals surface area contributed by atoms with Crippen molar-refractivity contribution in [1.29, 1.82) is 0 Å². The van der Waals surface area contributed by atoms with Crippen molar-refractivity contribution < 1.29 is 33.6 Å². The summed E-state index contributed by atoms with van der Waals surface area (Å²) in [5.41, 5.74) is 2.90. The number of aromatic nitrogens is 2. The second kappa shape index (κ2) is 42.1. The van der Waals surface area contributed by atoms with E-state index in [-0.39, 0.29) is 31.2 Å². The molecule has 0 aliphatic carbocycles. The summed E-state index contributed by atoms with van der Waals surface area (Å²) in [6.45, 7) is 25.6. The SMILES string of the molecule is C.C.CC.CC.CC.CC.CC.CC.CC(=O)C(Br)c1ccccc1.O=C(O)C(Oc1ccccc1-c1ccno1)c1ccccc1.Oc1ccccc1-c1ccno1. The van der Waals surface area contributed by atoms with E-state index in [9.17, 15) is 19.8 Å². The van der Waals surface area contributed by atoms with Crippen LogP contribution < -0.4 is 4.74 Å². The van der Waals surface area contributed by atoms with E-state index in [1.54, 1.807) is 85.9 Å². The molecule has 0 aliphatic heterocycles. The quantitative estimate of drug-likeness (QED) is 0.143. The number of carboxylic acids is 1. The van der Waals surface area contributed by atoms with E-state index in [0.717, 1.165) is 5.56 Å². The molecule has 0 saturated carbocycles. The van der Waals surface area contributed by atoms with Crippen LogP contribution >= 0.6 is 15.9 Å².